The molecule has 8 heteroatoms. The van der Waals surface area contributed by atoms with Crippen LogP contribution in [0.1, 0.15) is 49.3 Å². The molecule has 0 spiro atoms. The molecule has 0 radical (unpaired) electrons. The lowest BCUT2D eigenvalue weighted by atomic mass is 9.66. The van der Waals surface area contributed by atoms with Gasteiger partial charge in [-0.15, -0.1) is 0 Å². The summed E-state index contributed by atoms with van der Waals surface area (Å²) in [5.74, 6) is 2.62. The van der Waals surface area contributed by atoms with E-state index in [0.717, 1.165) is 36.8 Å². The molecule has 2 aliphatic rings. The summed E-state index contributed by atoms with van der Waals surface area (Å²) in [7, 11) is 7.89. The largest absolute Gasteiger partial charge is 0.497 e. The van der Waals surface area contributed by atoms with Gasteiger partial charge in [0.1, 0.15) is 11.5 Å². The van der Waals surface area contributed by atoms with Crippen molar-refractivity contribution >= 4 is 12.0 Å². The fraction of sp³-hybridized carbons (Fsp3) is 0.483. The van der Waals surface area contributed by atoms with Gasteiger partial charge in [-0.2, -0.15) is 0 Å². The van der Waals surface area contributed by atoms with Crippen molar-refractivity contribution < 1.29 is 33.6 Å². The number of carbonyl (C=O) groups excluding carboxylic acids is 1. The normalized spacial score (nSPS) is 23.4. The Morgan fingerprint density at radius 1 is 0.919 bits per heavy atom. The minimum absolute atomic E-state index is 0.0872. The van der Waals surface area contributed by atoms with Gasteiger partial charge in [-0.05, 0) is 55.2 Å². The van der Waals surface area contributed by atoms with Crippen LogP contribution >= 0.6 is 0 Å². The maximum Gasteiger partial charge on any atom is 0.247 e. The fourth-order valence-corrected chi connectivity index (χ4v) is 5.84. The highest BCUT2D eigenvalue weighted by atomic mass is 16.5. The molecule has 1 saturated heterocycles. The summed E-state index contributed by atoms with van der Waals surface area (Å²) in [6, 6.07) is 8.93. The van der Waals surface area contributed by atoms with E-state index in [-0.39, 0.29) is 17.9 Å². The van der Waals surface area contributed by atoms with Gasteiger partial charge in [0, 0.05) is 30.2 Å². The molecule has 37 heavy (non-hydrogen) atoms. The molecule has 2 aromatic rings. The van der Waals surface area contributed by atoms with Gasteiger partial charge in [0.25, 0.3) is 0 Å². The number of aliphatic hydroxyl groups is 1. The first-order chi connectivity index (χ1) is 17.9. The Labute approximate surface area is 218 Å². The van der Waals surface area contributed by atoms with Crippen LogP contribution in [0.15, 0.2) is 36.4 Å². The molecule has 4 rings (SSSR count). The number of piperidine rings is 1. The molecular formula is C29H37NO7. The Bertz CT molecular complexity index is 1120. The summed E-state index contributed by atoms with van der Waals surface area (Å²) < 4.78 is 27.4. The zero-order valence-electron chi connectivity index (χ0n) is 22.3. The summed E-state index contributed by atoms with van der Waals surface area (Å²) in [6.07, 6.45) is 7.47. The van der Waals surface area contributed by atoms with E-state index in [2.05, 4.69) is 0 Å². The molecule has 0 aromatic heterocycles. The number of carbonyl (C=O) groups is 1. The van der Waals surface area contributed by atoms with Crippen molar-refractivity contribution in [1.82, 2.24) is 4.90 Å². The van der Waals surface area contributed by atoms with Gasteiger partial charge in [-0.1, -0.05) is 12.8 Å². The third kappa shape index (κ3) is 5.21. The van der Waals surface area contributed by atoms with Crippen molar-refractivity contribution in [3.05, 3.63) is 47.5 Å². The highest BCUT2D eigenvalue weighted by molar-refractivity contribution is 5.92. The number of likely N-dealkylation sites (tertiary alicyclic amines) is 1. The number of ether oxygens (including phenoxy) is 5. The quantitative estimate of drug-likeness (QED) is 0.517. The molecule has 3 unspecified atom stereocenters. The van der Waals surface area contributed by atoms with E-state index in [1.54, 1.807) is 59.8 Å². The number of rotatable bonds is 8. The van der Waals surface area contributed by atoms with Crippen molar-refractivity contribution in [3.8, 4) is 28.7 Å². The lowest BCUT2D eigenvalue weighted by Crippen LogP contribution is -2.56. The molecule has 1 heterocycles. The van der Waals surface area contributed by atoms with Crippen LogP contribution in [-0.4, -0.2) is 63.6 Å². The average Bonchev–Trinajstić information content (AvgIpc) is 2.93. The van der Waals surface area contributed by atoms with E-state index in [9.17, 15) is 9.90 Å². The molecular weight excluding hydrogens is 474 g/mol. The molecule has 2 aromatic carbocycles. The second kappa shape index (κ2) is 11.3. The maximum absolute atomic E-state index is 13.7. The fourth-order valence-electron chi connectivity index (χ4n) is 5.84. The van der Waals surface area contributed by atoms with Crippen molar-refractivity contribution in [2.75, 3.05) is 42.1 Å². The summed E-state index contributed by atoms with van der Waals surface area (Å²) in [4.78, 5) is 15.6. The van der Waals surface area contributed by atoms with Crippen LogP contribution in [0.3, 0.4) is 0 Å². The van der Waals surface area contributed by atoms with Crippen LogP contribution in [0, 0.1) is 5.92 Å². The predicted octanol–water partition coefficient (Wildman–Crippen LogP) is 4.64. The van der Waals surface area contributed by atoms with Gasteiger partial charge in [0.05, 0.1) is 47.2 Å². The van der Waals surface area contributed by atoms with Crippen molar-refractivity contribution in [3.63, 3.8) is 0 Å². The Hall–Kier alpha value is -3.39. The molecule has 1 saturated carbocycles. The van der Waals surface area contributed by atoms with Crippen LogP contribution in [0.5, 0.6) is 28.7 Å². The molecule has 0 bridgehead atoms. The molecule has 2 fully saturated rings. The summed E-state index contributed by atoms with van der Waals surface area (Å²) >= 11 is 0. The van der Waals surface area contributed by atoms with E-state index in [1.807, 2.05) is 23.1 Å². The number of hydrogen-bond donors (Lipinski definition) is 1. The van der Waals surface area contributed by atoms with Gasteiger partial charge in [-0.3, -0.25) is 4.79 Å². The molecule has 200 valence electrons. The molecule has 3 atom stereocenters. The Kier molecular flexibility index (Phi) is 8.17. The van der Waals surface area contributed by atoms with Crippen LogP contribution in [0.4, 0.5) is 0 Å². The number of fused-ring (bicyclic) bond motifs is 1. The van der Waals surface area contributed by atoms with Crippen LogP contribution in [-0.2, 0) is 4.79 Å². The second-order valence-electron chi connectivity index (χ2n) is 9.58. The molecule has 1 aliphatic carbocycles. The van der Waals surface area contributed by atoms with E-state index >= 15 is 0 Å². The topological polar surface area (TPSA) is 86.7 Å². The van der Waals surface area contributed by atoms with Gasteiger partial charge >= 0.3 is 0 Å². The van der Waals surface area contributed by atoms with Gasteiger partial charge in [0.15, 0.2) is 11.5 Å². The average molecular weight is 512 g/mol. The predicted molar refractivity (Wildman–Crippen MR) is 141 cm³/mol. The molecule has 1 N–H and O–H groups in total. The lowest BCUT2D eigenvalue weighted by molar-refractivity contribution is -0.151. The van der Waals surface area contributed by atoms with Crippen molar-refractivity contribution in [1.29, 1.82) is 0 Å². The van der Waals surface area contributed by atoms with Crippen molar-refractivity contribution in [2.45, 2.75) is 43.7 Å². The number of nitrogens with zero attached hydrogens (tertiary/aromatic N) is 1. The third-order valence-corrected chi connectivity index (χ3v) is 7.72. The summed E-state index contributed by atoms with van der Waals surface area (Å²) in [6.45, 7) is 0.450. The second-order valence-corrected chi connectivity index (χ2v) is 9.58. The number of amides is 1. The van der Waals surface area contributed by atoms with E-state index in [1.165, 1.54) is 0 Å². The third-order valence-electron chi connectivity index (χ3n) is 7.72. The maximum atomic E-state index is 13.7. The molecule has 8 nitrogen and oxygen atoms in total. The highest BCUT2D eigenvalue weighted by Gasteiger charge is 2.50. The minimum atomic E-state index is -0.801. The Morgan fingerprint density at radius 3 is 2.24 bits per heavy atom. The highest BCUT2D eigenvalue weighted by Crippen LogP contribution is 2.51. The summed E-state index contributed by atoms with van der Waals surface area (Å²) in [5, 5.41) is 11.6. The number of benzene rings is 2. The first-order valence-electron chi connectivity index (χ1n) is 12.6. The lowest BCUT2D eigenvalue weighted by Gasteiger charge is -2.52. The number of methoxy groups -OCH3 is 5. The zero-order valence-corrected chi connectivity index (χ0v) is 22.3. The SMILES string of the molecule is COc1ccc(C2C3CCCCC3(O)CCN2C(=O)/C=C/c2cc(OC)c(OC)c(OC)c2)c(OC)c1. The van der Waals surface area contributed by atoms with Gasteiger partial charge in [0.2, 0.25) is 11.7 Å². The molecule has 1 aliphatic heterocycles. The molecule has 1 amide bonds. The zero-order chi connectivity index (χ0) is 26.6. The monoisotopic (exact) mass is 511 g/mol. The Morgan fingerprint density at radius 2 is 1.62 bits per heavy atom. The van der Waals surface area contributed by atoms with Gasteiger partial charge < -0.3 is 33.7 Å². The van der Waals surface area contributed by atoms with Crippen LogP contribution < -0.4 is 23.7 Å². The van der Waals surface area contributed by atoms with E-state index in [0.29, 0.717) is 41.7 Å². The standard InChI is InChI=1S/C29H37NO7/c1-33-20-10-11-21(23(18-20)34-2)27-22-8-6-7-13-29(22,32)14-15-30(27)26(31)12-9-19-16-24(35-3)28(37-5)25(17-19)36-4/h9-12,16-18,22,27,32H,6-8,13-15H2,1-5H3/b12-9+. The van der Waals surface area contributed by atoms with Crippen LogP contribution in [0.2, 0.25) is 0 Å². The van der Waals surface area contributed by atoms with Crippen LogP contribution in [0.25, 0.3) is 6.08 Å². The van der Waals surface area contributed by atoms with Crippen molar-refractivity contribution in [2.24, 2.45) is 5.92 Å². The smallest absolute Gasteiger partial charge is 0.247 e. The minimum Gasteiger partial charge on any atom is -0.497 e. The van der Waals surface area contributed by atoms with E-state index in [4.69, 9.17) is 23.7 Å². The van der Waals surface area contributed by atoms with Gasteiger partial charge in [-0.25, -0.2) is 0 Å². The van der Waals surface area contributed by atoms with E-state index < -0.39 is 5.60 Å². The Balaban J connectivity index is 1.70. The number of hydrogen-bond acceptors (Lipinski definition) is 7. The first-order valence-corrected chi connectivity index (χ1v) is 12.6. The first kappa shape index (κ1) is 26.7. The summed E-state index contributed by atoms with van der Waals surface area (Å²) in [5.41, 5.74) is 0.820.